The maximum Gasteiger partial charge on any atom is 0.276 e. The molecule has 2 atom stereocenters. The molecular weight excluding hydrogens is 364 g/mol. The number of halogens is 4. The van der Waals surface area contributed by atoms with Gasteiger partial charge in [-0.15, -0.1) is 0 Å². The van der Waals surface area contributed by atoms with Gasteiger partial charge in [-0.25, -0.2) is 8.78 Å². The van der Waals surface area contributed by atoms with Crippen LogP contribution in [-0.2, 0) is 4.74 Å². The molecule has 0 aromatic heterocycles. The summed E-state index contributed by atoms with van der Waals surface area (Å²) in [5, 5.41) is 0. The predicted molar refractivity (Wildman–Crippen MR) is 94.6 cm³/mol. The van der Waals surface area contributed by atoms with E-state index in [4.69, 9.17) is 14.2 Å². The van der Waals surface area contributed by atoms with E-state index < -0.39 is 42.4 Å². The summed E-state index contributed by atoms with van der Waals surface area (Å²) in [7, 11) is 0. The van der Waals surface area contributed by atoms with Gasteiger partial charge in [0.05, 0.1) is 19.8 Å². The summed E-state index contributed by atoms with van der Waals surface area (Å²) in [6.45, 7) is 4.13. The molecule has 1 saturated heterocycles. The molecule has 3 nitrogen and oxygen atoms in total. The molecule has 0 amide bonds. The van der Waals surface area contributed by atoms with E-state index in [9.17, 15) is 17.6 Å². The van der Waals surface area contributed by atoms with Crippen molar-refractivity contribution >= 4 is 0 Å². The van der Waals surface area contributed by atoms with E-state index in [-0.39, 0.29) is 18.8 Å². The normalized spacial score (nSPS) is 20.5. The molecule has 1 aliphatic heterocycles. The summed E-state index contributed by atoms with van der Waals surface area (Å²) in [4.78, 5) is 0. The van der Waals surface area contributed by atoms with Crippen LogP contribution in [0.2, 0.25) is 0 Å². The number of hydrogen-bond acceptors (Lipinski definition) is 3. The number of alkyl halides is 2. The van der Waals surface area contributed by atoms with E-state index in [2.05, 4.69) is 0 Å². The second kappa shape index (κ2) is 10.2. The molecule has 0 aliphatic carbocycles. The van der Waals surface area contributed by atoms with Crippen LogP contribution in [0.25, 0.3) is 0 Å². The van der Waals surface area contributed by atoms with Crippen molar-refractivity contribution in [3.63, 3.8) is 0 Å². The van der Waals surface area contributed by atoms with Gasteiger partial charge >= 0.3 is 0 Å². The standard InChI is InChI=1S/C20H28F4O3/c1-3-5-11-25-15-7-8-16(19(22)18(15)21)26-12-10-20(23,24)17-9-6-14(4-2)13-27-17/h7-8,14,17H,3-6,9-13H2,1-2H3. The van der Waals surface area contributed by atoms with Crippen molar-refractivity contribution in [2.75, 3.05) is 19.8 Å². The zero-order valence-corrected chi connectivity index (χ0v) is 15.9. The lowest BCUT2D eigenvalue weighted by atomic mass is 9.93. The number of hydrogen-bond donors (Lipinski definition) is 0. The molecule has 0 spiro atoms. The number of rotatable bonds is 10. The van der Waals surface area contributed by atoms with E-state index in [0.717, 1.165) is 19.3 Å². The van der Waals surface area contributed by atoms with Crippen LogP contribution in [-0.4, -0.2) is 31.8 Å². The van der Waals surface area contributed by atoms with Crippen LogP contribution in [0.15, 0.2) is 12.1 Å². The molecule has 2 unspecified atom stereocenters. The molecule has 1 aliphatic rings. The SMILES string of the molecule is CCCCOc1ccc(OCCC(F)(F)C2CCC(CC)CO2)c(F)c1F. The van der Waals surface area contributed by atoms with E-state index in [1.54, 1.807) is 0 Å². The monoisotopic (exact) mass is 392 g/mol. The minimum absolute atomic E-state index is 0.209. The van der Waals surface area contributed by atoms with Gasteiger partial charge in [0, 0.05) is 6.42 Å². The summed E-state index contributed by atoms with van der Waals surface area (Å²) in [5.41, 5.74) is 0. The van der Waals surface area contributed by atoms with E-state index >= 15 is 0 Å². The fourth-order valence-corrected chi connectivity index (χ4v) is 2.98. The Bertz CT molecular complexity index is 587. The summed E-state index contributed by atoms with van der Waals surface area (Å²) in [6, 6.07) is 2.44. The van der Waals surface area contributed by atoms with Crippen molar-refractivity contribution in [1.29, 1.82) is 0 Å². The molecule has 1 aromatic carbocycles. The largest absolute Gasteiger partial charge is 0.490 e. The second-order valence-electron chi connectivity index (χ2n) is 6.92. The molecule has 2 rings (SSSR count). The lowest BCUT2D eigenvalue weighted by molar-refractivity contribution is -0.169. The average Bonchev–Trinajstić information content (AvgIpc) is 2.67. The second-order valence-corrected chi connectivity index (χ2v) is 6.92. The zero-order chi connectivity index (χ0) is 19.9. The fraction of sp³-hybridized carbons (Fsp3) is 0.700. The van der Waals surface area contributed by atoms with Gasteiger partial charge in [0.2, 0.25) is 11.6 Å². The first-order chi connectivity index (χ1) is 12.9. The topological polar surface area (TPSA) is 27.7 Å². The lowest BCUT2D eigenvalue weighted by Crippen LogP contribution is -2.41. The highest BCUT2D eigenvalue weighted by Gasteiger charge is 2.42. The minimum atomic E-state index is -3.07. The quantitative estimate of drug-likeness (QED) is 0.375. The average molecular weight is 392 g/mol. The highest BCUT2D eigenvalue weighted by Crippen LogP contribution is 2.34. The van der Waals surface area contributed by atoms with Gasteiger partial charge < -0.3 is 14.2 Å². The third-order valence-corrected chi connectivity index (χ3v) is 4.88. The molecule has 1 heterocycles. The molecule has 0 bridgehead atoms. The Morgan fingerprint density at radius 3 is 2.19 bits per heavy atom. The van der Waals surface area contributed by atoms with Crippen LogP contribution in [0.3, 0.4) is 0 Å². The first-order valence-corrected chi connectivity index (χ1v) is 9.62. The maximum atomic E-state index is 14.3. The van der Waals surface area contributed by atoms with Gasteiger partial charge in [-0.2, -0.15) is 8.78 Å². The smallest absolute Gasteiger partial charge is 0.276 e. The summed E-state index contributed by atoms with van der Waals surface area (Å²) >= 11 is 0. The maximum absolute atomic E-state index is 14.3. The Balaban J connectivity index is 1.86. The van der Waals surface area contributed by atoms with Crippen LogP contribution < -0.4 is 9.47 Å². The van der Waals surface area contributed by atoms with Crippen molar-refractivity contribution in [1.82, 2.24) is 0 Å². The Morgan fingerprint density at radius 1 is 1.04 bits per heavy atom. The minimum Gasteiger partial charge on any atom is -0.490 e. The van der Waals surface area contributed by atoms with Gasteiger partial charge in [-0.3, -0.25) is 0 Å². The molecule has 1 aromatic rings. The first-order valence-electron chi connectivity index (χ1n) is 9.62. The molecule has 27 heavy (non-hydrogen) atoms. The molecular formula is C20H28F4O3. The van der Waals surface area contributed by atoms with Gasteiger partial charge in [-0.1, -0.05) is 26.7 Å². The summed E-state index contributed by atoms with van der Waals surface area (Å²) < 4.78 is 72.1. The van der Waals surface area contributed by atoms with Crippen molar-refractivity contribution in [3.05, 3.63) is 23.8 Å². The van der Waals surface area contributed by atoms with Gasteiger partial charge in [0.15, 0.2) is 11.5 Å². The van der Waals surface area contributed by atoms with Crippen LogP contribution in [0.4, 0.5) is 17.6 Å². The molecule has 0 saturated carbocycles. The molecule has 1 fully saturated rings. The Kier molecular flexibility index (Phi) is 8.20. The van der Waals surface area contributed by atoms with E-state index in [0.29, 0.717) is 18.9 Å². The van der Waals surface area contributed by atoms with Gasteiger partial charge in [0.1, 0.15) is 6.10 Å². The Morgan fingerprint density at radius 2 is 1.67 bits per heavy atom. The van der Waals surface area contributed by atoms with Crippen LogP contribution in [0.1, 0.15) is 52.4 Å². The highest BCUT2D eigenvalue weighted by molar-refractivity contribution is 5.35. The number of benzene rings is 1. The van der Waals surface area contributed by atoms with Crippen LogP contribution in [0, 0.1) is 17.6 Å². The van der Waals surface area contributed by atoms with Crippen molar-refractivity contribution < 1.29 is 31.8 Å². The predicted octanol–water partition coefficient (Wildman–Crippen LogP) is 5.75. The number of unbranched alkanes of at least 4 members (excludes halogenated alkanes) is 1. The third-order valence-electron chi connectivity index (χ3n) is 4.88. The van der Waals surface area contributed by atoms with E-state index in [1.165, 1.54) is 12.1 Å². The van der Waals surface area contributed by atoms with Gasteiger partial charge in [-0.05, 0) is 37.3 Å². The molecule has 0 radical (unpaired) electrons. The fourth-order valence-electron chi connectivity index (χ4n) is 2.98. The molecule has 7 heteroatoms. The van der Waals surface area contributed by atoms with Crippen molar-refractivity contribution in [2.24, 2.45) is 5.92 Å². The summed E-state index contributed by atoms with van der Waals surface area (Å²) in [6.07, 6.45) is 1.71. The molecule has 154 valence electrons. The molecule has 0 N–H and O–H groups in total. The lowest BCUT2D eigenvalue weighted by Gasteiger charge is -2.33. The van der Waals surface area contributed by atoms with Crippen LogP contribution >= 0.6 is 0 Å². The number of ether oxygens (including phenoxy) is 3. The van der Waals surface area contributed by atoms with Crippen molar-refractivity contribution in [2.45, 2.75) is 64.4 Å². The third kappa shape index (κ3) is 5.99. The highest BCUT2D eigenvalue weighted by atomic mass is 19.3. The summed E-state index contributed by atoms with van der Waals surface area (Å²) in [5.74, 6) is -5.76. The van der Waals surface area contributed by atoms with Gasteiger partial charge in [0.25, 0.3) is 5.92 Å². The van der Waals surface area contributed by atoms with Crippen molar-refractivity contribution in [3.8, 4) is 11.5 Å². The van der Waals surface area contributed by atoms with Crippen LogP contribution in [0.5, 0.6) is 11.5 Å². The van der Waals surface area contributed by atoms with E-state index in [1.807, 2.05) is 13.8 Å². The Labute approximate surface area is 158 Å². The zero-order valence-electron chi connectivity index (χ0n) is 15.9. The first kappa shape index (κ1) is 21.8. The Hall–Kier alpha value is -1.50.